The second-order valence-corrected chi connectivity index (χ2v) is 9.82. The minimum absolute atomic E-state index is 0.170. The van der Waals surface area contributed by atoms with Crippen molar-refractivity contribution < 1.29 is 9.18 Å². The molecule has 0 aliphatic carbocycles. The normalized spacial score (nSPS) is 11.3. The average Bonchev–Trinajstić information content (AvgIpc) is 3.24. The molecule has 0 radical (unpaired) electrons. The lowest BCUT2D eigenvalue weighted by Crippen LogP contribution is -2.19. The molecule has 0 spiro atoms. The van der Waals surface area contributed by atoms with Crippen LogP contribution in [0, 0.1) is 5.82 Å². The number of amides is 1. The Morgan fingerprint density at radius 1 is 1.03 bits per heavy atom. The van der Waals surface area contributed by atoms with Crippen LogP contribution in [-0.2, 0) is 10.5 Å². The Hall–Kier alpha value is -2.75. The zero-order valence-electron chi connectivity index (χ0n) is 16.2. The van der Waals surface area contributed by atoms with Crippen molar-refractivity contribution in [2.45, 2.75) is 14.4 Å². The Labute approximate surface area is 191 Å². The molecule has 4 rings (SSSR count). The zero-order chi connectivity index (χ0) is 21.5. The number of nitrogens with one attached hydrogen (secondary N) is 1. The minimum Gasteiger partial charge on any atom is -0.272 e. The Balaban J connectivity index is 1.25. The van der Waals surface area contributed by atoms with Crippen LogP contribution in [0.5, 0.6) is 0 Å². The minimum atomic E-state index is -0.351. The van der Waals surface area contributed by atoms with Crippen LogP contribution in [-0.4, -0.2) is 28.1 Å². The SMILES string of the molecule is O=C(CSc1nnc(SCc2cccc3ccccc23)s1)N/N=C\c1cccc(F)c1. The molecule has 0 saturated heterocycles. The van der Waals surface area contributed by atoms with Crippen LogP contribution in [0.25, 0.3) is 10.8 Å². The van der Waals surface area contributed by atoms with Crippen LogP contribution in [0.15, 0.2) is 80.5 Å². The lowest BCUT2D eigenvalue weighted by Gasteiger charge is -2.04. The summed E-state index contributed by atoms with van der Waals surface area (Å²) >= 11 is 4.41. The number of aromatic nitrogens is 2. The molecule has 1 aromatic heterocycles. The Morgan fingerprint density at radius 3 is 2.68 bits per heavy atom. The van der Waals surface area contributed by atoms with E-state index in [1.54, 1.807) is 23.9 Å². The number of fused-ring (bicyclic) bond motifs is 1. The highest BCUT2D eigenvalue weighted by Crippen LogP contribution is 2.32. The predicted molar refractivity (Wildman–Crippen MR) is 126 cm³/mol. The van der Waals surface area contributed by atoms with Gasteiger partial charge in [0.2, 0.25) is 0 Å². The van der Waals surface area contributed by atoms with Crippen molar-refractivity contribution in [3.05, 3.63) is 83.7 Å². The second kappa shape index (κ2) is 10.5. The van der Waals surface area contributed by atoms with Gasteiger partial charge in [-0.2, -0.15) is 5.10 Å². The smallest absolute Gasteiger partial charge is 0.250 e. The van der Waals surface area contributed by atoms with Crippen molar-refractivity contribution in [1.29, 1.82) is 0 Å². The number of thioether (sulfide) groups is 2. The summed E-state index contributed by atoms with van der Waals surface area (Å²) in [7, 11) is 0. The number of hydrogen-bond acceptors (Lipinski definition) is 7. The zero-order valence-corrected chi connectivity index (χ0v) is 18.6. The lowest BCUT2D eigenvalue weighted by atomic mass is 10.1. The number of hydrogen-bond donors (Lipinski definition) is 1. The van der Waals surface area contributed by atoms with E-state index in [2.05, 4.69) is 51.1 Å². The molecule has 31 heavy (non-hydrogen) atoms. The third-order valence-corrected chi connectivity index (χ3v) is 7.44. The van der Waals surface area contributed by atoms with Gasteiger partial charge in [0.15, 0.2) is 8.68 Å². The number of nitrogens with zero attached hydrogens (tertiary/aromatic N) is 3. The number of carbonyl (C=O) groups excluding carboxylic acids is 1. The molecule has 3 aromatic carbocycles. The largest absolute Gasteiger partial charge is 0.272 e. The summed E-state index contributed by atoms with van der Waals surface area (Å²) in [6, 6.07) is 20.6. The Kier molecular flexibility index (Phi) is 7.29. The van der Waals surface area contributed by atoms with Crippen LogP contribution in [0.2, 0.25) is 0 Å². The molecule has 0 unspecified atom stereocenters. The first kappa shape index (κ1) is 21.5. The van der Waals surface area contributed by atoms with Gasteiger partial charge in [0.25, 0.3) is 5.91 Å². The highest BCUT2D eigenvalue weighted by Gasteiger charge is 2.09. The van der Waals surface area contributed by atoms with Crippen LogP contribution >= 0.6 is 34.9 Å². The molecule has 0 aliphatic rings. The van der Waals surface area contributed by atoms with Gasteiger partial charge in [-0.1, -0.05) is 89.5 Å². The quantitative estimate of drug-likeness (QED) is 0.214. The summed E-state index contributed by atoms with van der Waals surface area (Å²) in [4.78, 5) is 11.9. The Bertz CT molecular complexity index is 1220. The van der Waals surface area contributed by atoms with E-state index in [-0.39, 0.29) is 17.5 Å². The van der Waals surface area contributed by atoms with Crippen molar-refractivity contribution >= 4 is 57.8 Å². The number of hydrazone groups is 1. The molecular weight excluding hydrogens is 451 g/mol. The maximum absolute atomic E-state index is 13.1. The number of benzene rings is 3. The van der Waals surface area contributed by atoms with E-state index in [9.17, 15) is 9.18 Å². The van der Waals surface area contributed by atoms with E-state index in [0.717, 1.165) is 14.4 Å². The topological polar surface area (TPSA) is 67.2 Å². The van der Waals surface area contributed by atoms with Crippen molar-refractivity contribution in [3.63, 3.8) is 0 Å². The predicted octanol–water partition coefficient (Wildman–Crippen LogP) is 5.37. The molecule has 1 heterocycles. The molecule has 4 aromatic rings. The number of carbonyl (C=O) groups is 1. The lowest BCUT2D eigenvalue weighted by molar-refractivity contribution is -0.118. The summed E-state index contributed by atoms with van der Waals surface area (Å²) in [5.74, 6) is 0.355. The van der Waals surface area contributed by atoms with Crippen molar-refractivity contribution in [3.8, 4) is 0 Å². The molecule has 0 atom stereocenters. The fraction of sp³-hybridized carbons (Fsp3) is 0.0909. The maximum Gasteiger partial charge on any atom is 0.250 e. The van der Waals surface area contributed by atoms with Crippen LogP contribution < -0.4 is 5.43 Å². The first-order chi connectivity index (χ1) is 15.2. The van der Waals surface area contributed by atoms with Gasteiger partial charge in [-0.15, -0.1) is 10.2 Å². The second-order valence-electron chi connectivity index (χ2n) is 6.40. The summed E-state index contributed by atoms with van der Waals surface area (Å²) in [6.07, 6.45) is 1.40. The highest BCUT2D eigenvalue weighted by atomic mass is 32.2. The van der Waals surface area contributed by atoms with Gasteiger partial charge in [-0.3, -0.25) is 4.79 Å². The Morgan fingerprint density at radius 2 is 1.81 bits per heavy atom. The van der Waals surface area contributed by atoms with Gasteiger partial charge in [0, 0.05) is 5.75 Å². The van der Waals surface area contributed by atoms with Crippen LogP contribution in [0.4, 0.5) is 4.39 Å². The van der Waals surface area contributed by atoms with Crippen LogP contribution in [0.1, 0.15) is 11.1 Å². The summed E-state index contributed by atoms with van der Waals surface area (Å²) < 4.78 is 14.7. The van der Waals surface area contributed by atoms with Gasteiger partial charge in [0.1, 0.15) is 5.82 Å². The fourth-order valence-corrected chi connectivity index (χ4v) is 5.61. The fourth-order valence-electron chi connectivity index (χ4n) is 2.80. The molecule has 156 valence electrons. The van der Waals surface area contributed by atoms with E-state index in [1.807, 2.05) is 12.1 Å². The van der Waals surface area contributed by atoms with E-state index >= 15 is 0 Å². The summed E-state index contributed by atoms with van der Waals surface area (Å²) in [5, 5.41) is 14.7. The molecule has 1 amide bonds. The third kappa shape index (κ3) is 6.13. The first-order valence-electron chi connectivity index (χ1n) is 9.30. The van der Waals surface area contributed by atoms with E-state index in [1.165, 1.54) is 57.8 Å². The van der Waals surface area contributed by atoms with Crippen molar-refractivity contribution in [2.75, 3.05) is 5.75 Å². The summed E-state index contributed by atoms with van der Waals surface area (Å²) in [5.41, 5.74) is 4.26. The van der Waals surface area contributed by atoms with E-state index in [0.29, 0.717) is 5.56 Å². The molecule has 0 fully saturated rings. The van der Waals surface area contributed by atoms with E-state index < -0.39 is 0 Å². The molecule has 1 N–H and O–H groups in total. The highest BCUT2D eigenvalue weighted by molar-refractivity contribution is 8.03. The molecular formula is C22H17FN4OS3. The molecule has 5 nitrogen and oxygen atoms in total. The summed E-state index contributed by atoms with van der Waals surface area (Å²) in [6.45, 7) is 0. The standard InChI is InChI=1S/C22H17FN4OS3/c23-18-9-3-5-15(11-18)12-24-25-20(28)14-30-22-27-26-21(31-22)29-13-17-8-4-7-16-6-1-2-10-19(16)17/h1-12H,13-14H2,(H,25,28)/b24-12-. The van der Waals surface area contributed by atoms with E-state index in [4.69, 9.17) is 0 Å². The monoisotopic (exact) mass is 468 g/mol. The van der Waals surface area contributed by atoms with Gasteiger partial charge in [-0.05, 0) is 34.0 Å². The molecule has 0 aliphatic heterocycles. The van der Waals surface area contributed by atoms with Gasteiger partial charge >= 0.3 is 0 Å². The van der Waals surface area contributed by atoms with Crippen LogP contribution in [0.3, 0.4) is 0 Å². The first-order valence-corrected chi connectivity index (χ1v) is 12.1. The maximum atomic E-state index is 13.1. The van der Waals surface area contributed by atoms with Crippen molar-refractivity contribution in [1.82, 2.24) is 15.6 Å². The van der Waals surface area contributed by atoms with Gasteiger partial charge in [0.05, 0.1) is 12.0 Å². The molecule has 0 saturated carbocycles. The molecule has 0 bridgehead atoms. The third-order valence-electron chi connectivity index (χ3n) is 4.20. The average molecular weight is 469 g/mol. The van der Waals surface area contributed by atoms with Crippen molar-refractivity contribution in [2.24, 2.45) is 5.10 Å². The van der Waals surface area contributed by atoms with Gasteiger partial charge in [-0.25, -0.2) is 9.82 Å². The molecule has 9 heteroatoms. The van der Waals surface area contributed by atoms with Gasteiger partial charge < -0.3 is 0 Å². The number of halogens is 1. The number of rotatable bonds is 8.